The van der Waals surface area contributed by atoms with Crippen LogP contribution in [0.15, 0.2) is 24.5 Å². The molecule has 18 heavy (non-hydrogen) atoms. The second-order valence-corrected chi connectivity index (χ2v) is 4.64. The Balaban J connectivity index is 2.56. The van der Waals surface area contributed by atoms with Gasteiger partial charge in [-0.05, 0) is 18.1 Å². The quantitative estimate of drug-likeness (QED) is 0.926. The largest absolute Gasteiger partial charge is 0.478 e. The summed E-state index contributed by atoms with van der Waals surface area (Å²) in [4.78, 5) is 15.5. The van der Waals surface area contributed by atoms with E-state index in [2.05, 4.69) is 10.1 Å². The van der Waals surface area contributed by atoms with E-state index in [1.807, 2.05) is 13.8 Å². The Labute approximate surface area is 109 Å². The summed E-state index contributed by atoms with van der Waals surface area (Å²) in [6.45, 7) is 3.90. The first-order valence-corrected chi connectivity index (χ1v) is 5.81. The highest BCUT2D eigenvalue weighted by Gasteiger charge is 2.12. The molecule has 0 atom stereocenters. The summed E-state index contributed by atoms with van der Waals surface area (Å²) in [5, 5.41) is 13.6. The molecule has 0 spiro atoms. The molecule has 0 amide bonds. The minimum atomic E-state index is -0.987. The summed E-state index contributed by atoms with van der Waals surface area (Å²) >= 11 is 5.79. The summed E-state index contributed by atoms with van der Waals surface area (Å²) in [6.07, 6.45) is 3.06. The summed E-state index contributed by atoms with van der Waals surface area (Å²) in [6, 6.07) is 3.04. The fourth-order valence-electron chi connectivity index (χ4n) is 1.50. The molecule has 0 bridgehead atoms. The molecule has 0 aliphatic heterocycles. The lowest BCUT2D eigenvalue weighted by Gasteiger charge is -2.09. The summed E-state index contributed by atoms with van der Waals surface area (Å²) in [5.41, 5.74) is 0.895. The van der Waals surface area contributed by atoms with Crippen LogP contribution in [-0.2, 0) is 0 Å². The van der Waals surface area contributed by atoms with Gasteiger partial charge < -0.3 is 5.11 Å². The molecular formula is C12H12ClN3O2. The average Bonchev–Trinajstić information content (AvgIpc) is 2.75. The highest BCUT2D eigenvalue weighted by atomic mass is 35.5. The third-order valence-corrected chi connectivity index (χ3v) is 2.65. The van der Waals surface area contributed by atoms with Gasteiger partial charge in [0.15, 0.2) is 5.82 Å². The summed E-state index contributed by atoms with van der Waals surface area (Å²) in [7, 11) is 0. The van der Waals surface area contributed by atoms with Crippen LogP contribution in [0.1, 0.15) is 35.8 Å². The Hall–Kier alpha value is -1.88. The minimum Gasteiger partial charge on any atom is -0.478 e. The molecule has 6 heteroatoms. The minimum absolute atomic E-state index is 0.133. The second-order valence-electron chi connectivity index (χ2n) is 4.20. The second kappa shape index (κ2) is 4.78. The first-order valence-electron chi connectivity index (χ1n) is 5.43. The van der Waals surface area contributed by atoms with Crippen molar-refractivity contribution in [1.82, 2.24) is 14.8 Å². The lowest BCUT2D eigenvalue weighted by atomic mass is 10.1. The lowest BCUT2D eigenvalue weighted by molar-refractivity contribution is 0.0696. The Morgan fingerprint density at radius 1 is 1.44 bits per heavy atom. The third kappa shape index (κ3) is 2.51. The van der Waals surface area contributed by atoms with E-state index in [0.29, 0.717) is 16.5 Å². The number of carbonyl (C=O) groups is 1. The number of carboxylic acid groups (broad SMARTS) is 1. The molecule has 1 N–H and O–H groups in total. The van der Waals surface area contributed by atoms with Crippen LogP contribution in [0.5, 0.6) is 0 Å². The van der Waals surface area contributed by atoms with E-state index in [0.717, 1.165) is 0 Å². The van der Waals surface area contributed by atoms with Crippen LogP contribution in [0.4, 0.5) is 0 Å². The van der Waals surface area contributed by atoms with Gasteiger partial charge in [-0.3, -0.25) is 0 Å². The van der Waals surface area contributed by atoms with Crippen molar-refractivity contribution in [2.24, 2.45) is 0 Å². The molecule has 2 aromatic rings. The molecule has 0 radical (unpaired) electrons. The predicted molar refractivity (Wildman–Crippen MR) is 67.4 cm³/mol. The van der Waals surface area contributed by atoms with Crippen molar-refractivity contribution in [3.05, 3.63) is 40.8 Å². The van der Waals surface area contributed by atoms with E-state index in [1.165, 1.54) is 16.9 Å². The monoisotopic (exact) mass is 265 g/mol. The van der Waals surface area contributed by atoms with Crippen LogP contribution in [0.3, 0.4) is 0 Å². The number of aromatic nitrogens is 3. The fourth-order valence-corrected chi connectivity index (χ4v) is 1.64. The highest BCUT2D eigenvalue weighted by molar-refractivity contribution is 6.30. The first-order chi connectivity index (χ1) is 8.47. The molecule has 94 valence electrons. The van der Waals surface area contributed by atoms with Crippen LogP contribution in [-0.4, -0.2) is 25.8 Å². The highest BCUT2D eigenvalue weighted by Crippen LogP contribution is 2.18. The van der Waals surface area contributed by atoms with Crippen LogP contribution >= 0.6 is 11.6 Å². The number of halogens is 1. The predicted octanol–water partition coefficient (Wildman–Crippen LogP) is 2.74. The van der Waals surface area contributed by atoms with Crippen LogP contribution in [0.2, 0.25) is 5.02 Å². The van der Waals surface area contributed by atoms with Crippen molar-refractivity contribution < 1.29 is 9.90 Å². The maximum Gasteiger partial charge on any atom is 0.335 e. The zero-order valence-corrected chi connectivity index (χ0v) is 10.7. The topological polar surface area (TPSA) is 68.0 Å². The van der Waals surface area contributed by atoms with Crippen LogP contribution < -0.4 is 0 Å². The molecule has 2 heterocycles. The van der Waals surface area contributed by atoms with E-state index in [4.69, 9.17) is 16.7 Å². The van der Waals surface area contributed by atoms with Gasteiger partial charge in [0, 0.05) is 5.69 Å². The van der Waals surface area contributed by atoms with E-state index in [9.17, 15) is 4.79 Å². The third-order valence-electron chi connectivity index (χ3n) is 2.46. The molecule has 0 aromatic carbocycles. The van der Waals surface area contributed by atoms with Gasteiger partial charge in [-0.25, -0.2) is 14.5 Å². The molecule has 0 unspecified atom stereocenters. The Bertz CT molecular complexity index is 593. The zero-order valence-electron chi connectivity index (χ0n) is 9.96. The smallest absolute Gasteiger partial charge is 0.335 e. The van der Waals surface area contributed by atoms with Gasteiger partial charge in [0.1, 0.15) is 0 Å². The van der Waals surface area contributed by atoms with E-state index < -0.39 is 5.97 Å². The molecule has 2 aromatic heterocycles. The number of hydrogen-bond acceptors (Lipinski definition) is 3. The molecule has 5 nitrogen and oxygen atoms in total. The van der Waals surface area contributed by atoms with Crippen molar-refractivity contribution in [2.45, 2.75) is 19.8 Å². The van der Waals surface area contributed by atoms with E-state index in [-0.39, 0.29) is 11.5 Å². The molecule has 2 rings (SSSR count). The number of aromatic carboxylic acids is 1. The zero-order chi connectivity index (χ0) is 13.3. The molecule has 0 aliphatic rings. The number of hydrogen-bond donors (Lipinski definition) is 1. The van der Waals surface area contributed by atoms with Gasteiger partial charge in [0.05, 0.1) is 23.0 Å². The Morgan fingerprint density at radius 3 is 2.67 bits per heavy atom. The van der Waals surface area contributed by atoms with Crippen molar-refractivity contribution in [1.29, 1.82) is 0 Å². The lowest BCUT2D eigenvalue weighted by Crippen LogP contribution is -2.07. The van der Waals surface area contributed by atoms with Gasteiger partial charge in [-0.15, -0.1) is 0 Å². The maximum atomic E-state index is 11.1. The maximum absolute atomic E-state index is 11.1. The molecule has 0 aliphatic carbocycles. The van der Waals surface area contributed by atoms with E-state index in [1.54, 1.807) is 12.3 Å². The van der Waals surface area contributed by atoms with Crippen molar-refractivity contribution >= 4 is 17.6 Å². The van der Waals surface area contributed by atoms with Crippen LogP contribution in [0.25, 0.3) is 5.82 Å². The summed E-state index contributed by atoms with van der Waals surface area (Å²) < 4.78 is 1.46. The summed E-state index contributed by atoms with van der Waals surface area (Å²) in [5.74, 6) is -0.404. The van der Waals surface area contributed by atoms with Gasteiger partial charge in [0.25, 0.3) is 0 Å². The van der Waals surface area contributed by atoms with Crippen LogP contribution in [0, 0.1) is 0 Å². The molecule has 0 saturated carbocycles. The van der Waals surface area contributed by atoms with Crippen molar-refractivity contribution in [2.75, 3.05) is 0 Å². The Kier molecular flexibility index (Phi) is 3.34. The SMILES string of the molecule is CC(C)c1cc(C(=O)O)cc(-n2cc(Cl)cn2)n1. The van der Waals surface area contributed by atoms with Gasteiger partial charge in [-0.1, -0.05) is 25.4 Å². The van der Waals surface area contributed by atoms with Gasteiger partial charge in [0.2, 0.25) is 0 Å². The average molecular weight is 266 g/mol. The van der Waals surface area contributed by atoms with Gasteiger partial charge >= 0.3 is 5.97 Å². The number of pyridine rings is 1. The standard InChI is InChI=1S/C12H12ClN3O2/c1-7(2)10-3-8(12(17)18)4-11(15-10)16-6-9(13)5-14-16/h3-7H,1-2H3,(H,17,18). The normalized spacial score (nSPS) is 10.9. The first kappa shape index (κ1) is 12.6. The van der Waals surface area contributed by atoms with Crippen molar-refractivity contribution in [3.8, 4) is 5.82 Å². The Morgan fingerprint density at radius 2 is 2.17 bits per heavy atom. The number of carboxylic acids is 1. The van der Waals surface area contributed by atoms with Gasteiger partial charge in [-0.2, -0.15) is 5.10 Å². The van der Waals surface area contributed by atoms with E-state index >= 15 is 0 Å². The number of rotatable bonds is 3. The molecule has 0 saturated heterocycles. The van der Waals surface area contributed by atoms with Crippen molar-refractivity contribution in [3.63, 3.8) is 0 Å². The fraction of sp³-hybridized carbons (Fsp3) is 0.250. The number of nitrogens with zero attached hydrogens (tertiary/aromatic N) is 3. The molecular weight excluding hydrogens is 254 g/mol. The molecule has 0 fully saturated rings.